The van der Waals surface area contributed by atoms with Crippen molar-refractivity contribution in [2.24, 2.45) is 0 Å². The second-order valence-corrected chi connectivity index (χ2v) is 3.99. The molecule has 1 heterocycles. The maximum atomic E-state index is 11.7. The monoisotopic (exact) mass is 246 g/mol. The Kier molecular flexibility index (Phi) is 3.74. The van der Waals surface area contributed by atoms with Crippen LogP contribution in [0.4, 0.5) is 0 Å². The number of aliphatic hydroxyl groups excluding tert-OH is 1. The number of nitrogens with one attached hydrogen (secondary N) is 1. The third-order valence-electron chi connectivity index (χ3n) is 2.51. The Balaban J connectivity index is 1.92. The lowest BCUT2D eigenvalue weighted by molar-refractivity contribution is 0.0914. The van der Waals surface area contributed by atoms with Crippen LogP contribution in [-0.4, -0.2) is 16.2 Å². The summed E-state index contributed by atoms with van der Waals surface area (Å²) in [5.74, 6) is -0.0821. The molecule has 0 unspecified atom stereocenters. The molecule has 0 atom stereocenters. The van der Waals surface area contributed by atoms with Crippen molar-refractivity contribution in [3.05, 3.63) is 52.9 Å². The van der Waals surface area contributed by atoms with Crippen LogP contribution in [0.2, 0.25) is 0 Å². The van der Waals surface area contributed by atoms with Crippen molar-refractivity contribution in [2.75, 3.05) is 0 Å². The van der Waals surface area contributed by atoms with Crippen molar-refractivity contribution in [3.63, 3.8) is 0 Å². The summed E-state index contributed by atoms with van der Waals surface area (Å²) in [5.41, 5.74) is 2.47. The van der Waals surface area contributed by atoms with E-state index in [1.165, 1.54) is 0 Å². The van der Waals surface area contributed by atoms with Crippen molar-refractivity contribution < 1.29 is 14.4 Å². The molecule has 0 bridgehead atoms. The minimum atomic E-state index is -0.290. The van der Waals surface area contributed by atoms with Gasteiger partial charge in [-0.2, -0.15) is 0 Å². The van der Waals surface area contributed by atoms with Gasteiger partial charge in [0.25, 0.3) is 5.91 Å². The summed E-state index contributed by atoms with van der Waals surface area (Å²) in [6.07, 6.45) is 0. The van der Waals surface area contributed by atoms with Gasteiger partial charge < -0.3 is 14.9 Å². The van der Waals surface area contributed by atoms with Gasteiger partial charge in [0.05, 0.1) is 12.3 Å². The van der Waals surface area contributed by atoms with Gasteiger partial charge in [0, 0.05) is 12.6 Å². The van der Waals surface area contributed by atoms with Crippen LogP contribution in [0.25, 0.3) is 0 Å². The number of amides is 1. The maximum Gasteiger partial charge on any atom is 0.290 e. The normalized spacial score (nSPS) is 10.3. The van der Waals surface area contributed by atoms with E-state index in [1.807, 2.05) is 24.3 Å². The molecule has 2 N–H and O–H groups in total. The fourth-order valence-electron chi connectivity index (χ4n) is 1.50. The Morgan fingerprint density at radius 2 is 2.00 bits per heavy atom. The fourth-order valence-corrected chi connectivity index (χ4v) is 1.50. The molecule has 18 heavy (non-hydrogen) atoms. The lowest BCUT2D eigenvalue weighted by Gasteiger charge is -2.03. The lowest BCUT2D eigenvalue weighted by Crippen LogP contribution is -2.22. The first-order valence-electron chi connectivity index (χ1n) is 5.59. The number of carbonyl (C=O) groups is 1. The molecule has 94 valence electrons. The van der Waals surface area contributed by atoms with Gasteiger partial charge >= 0.3 is 0 Å². The van der Waals surface area contributed by atoms with E-state index in [2.05, 4.69) is 10.5 Å². The molecule has 0 aliphatic rings. The van der Waals surface area contributed by atoms with Gasteiger partial charge in [0.2, 0.25) is 5.76 Å². The summed E-state index contributed by atoms with van der Waals surface area (Å²) in [4.78, 5) is 11.7. The Morgan fingerprint density at radius 3 is 2.56 bits per heavy atom. The molecule has 0 aliphatic carbocycles. The van der Waals surface area contributed by atoms with E-state index in [0.717, 1.165) is 11.1 Å². The zero-order valence-electron chi connectivity index (χ0n) is 10.0. The number of carbonyl (C=O) groups excluding carboxylic acids is 1. The van der Waals surface area contributed by atoms with E-state index in [-0.39, 0.29) is 18.3 Å². The lowest BCUT2D eigenvalue weighted by atomic mass is 10.1. The van der Waals surface area contributed by atoms with E-state index < -0.39 is 0 Å². The van der Waals surface area contributed by atoms with Gasteiger partial charge in [-0.3, -0.25) is 4.79 Å². The van der Waals surface area contributed by atoms with Gasteiger partial charge in [0.1, 0.15) is 0 Å². The number of hydrogen-bond acceptors (Lipinski definition) is 4. The minimum Gasteiger partial charge on any atom is -0.392 e. The van der Waals surface area contributed by atoms with Crippen LogP contribution in [0, 0.1) is 6.92 Å². The number of aliphatic hydroxyl groups is 1. The molecule has 2 rings (SSSR count). The predicted molar refractivity (Wildman–Crippen MR) is 64.8 cm³/mol. The van der Waals surface area contributed by atoms with Crippen LogP contribution in [0.5, 0.6) is 0 Å². The molecule has 0 saturated carbocycles. The molecule has 0 saturated heterocycles. The van der Waals surface area contributed by atoms with E-state index >= 15 is 0 Å². The average molecular weight is 246 g/mol. The molecule has 0 fully saturated rings. The highest BCUT2D eigenvalue weighted by Gasteiger charge is 2.10. The van der Waals surface area contributed by atoms with Crippen LogP contribution in [0.15, 0.2) is 34.9 Å². The van der Waals surface area contributed by atoms with Crippen LogP contribution >= 0.6 is 0 Å². The van der Waals surface area contributed by atoms with Gasteiger partial charge in [0.15, 0.2) is 0 Å². The molecule has 5 heteroatoms. The van der Waals surface area contributed by atoms with Crippen molar-refractivity contribution >= 4 is 5.91 Å². The van der Waals surface area contributed by atoms with Crippen molar-refractivity contribution in [1.82, 2.24) is 10.5 Å². The minimum absolute atomic E-state index is 0.0178. The Morgan fingerprint density at radius 1 is 1.33 bits per heavy atom. The van der Waals surface area contributed by atoms with E-state index in [4.69, 9.17) is 9.63 Å². The number of aryl methyl sites for hydroxylation is 1. The van der Waals surface area contributed by atoms with Crippen LogP contribution in [0.3, 0.4) is 0 Å². The number of hydrogen-bond donors (Lipinski definition) is 2. The molecule has 5 nitrogen and oxygen atoms in total. The van der Waals surface area contributed by atoms with Crippen molar-refractivity contribution in [1.29, 1.82) is 0 Å². The molecule has 2 aromatic rings. The zero-order valence-corrected chi connectivity index (χ0v) is 10.0. The Bertz CT molecular complexity index is 531. The molecule has 0 aliphatic heterocycles. The number of nitrogens with zero attached hydrogens (tertiary/aromatic N) is 1. The van der Waals surface area contributed by atoms with Crippen LogP contribution < -0.4 is 5.32 Å². The summed E-state index contributed by atoms with van der Waals surface area (Å²) >= 11 is 0. The molecular formula is C13H14N2O3. The van der Waals surface area contributed by atoms with Crippen molar-refractivity contribution in [3.8, 4) is 0 Å². The van der Waals surface area contributed by atoms with Gasteiger partial charge in [-0.1, -0.05) is 29.4 Å². The van der Waals surface area contributed by atoms with E-state index in [0.29, 0.717) is 12.2 Å². The van der Waals surface area contributed by atoms with Gasteiger partial charge in [-0.25, -0.2) is 0 Å². The zero-order chi connectivity index (χ0) is 13.0. The topological polar surface area (TPSA) is 75.4 Å². The number of aromatic nitrogens is 1. The van der Waals surface area contributed by atoms with Crippen molar-refractivity contribution in [2.45, 2.75) is 20.1 Å². The first-order chi connectivity index (χ1) is 8.69. The van der Waals surface area contributed by atoms with Crippen LogP contribution in [-0.2, 0) is 13.2 Å². The highest BCUT2D eigenvalue weighted by Crippen LogP contribution is 2.05. The first-order valence-corrected chi connectivity index (χ1v) is 5.59. The standard InChI is InChI=1S/C13H14N2O3/c1-9-6-12(18-15-9)13(17)14-7-10-2-4-11(8-16)5-3-10/h2-6,16H,7-8H2,1H3,(H,14,17). The highest BCUT2D eigenvalue weighted by atomic mass is 16.5. The SMILES string of the molecule is Cc1cc(C(=O)NCc2ccc(CO)cc2)on1. The van der Waals surface area contributed by atoms with E-state index in [1.54, 1.807) is 13.0 Å². The first kappa shape index (κ1) is 12.3. The molecule has 1 aromatic heterocycles. The summed E-state index contributed by atoms with van der Waals surface area (Å²) in [5, 5.41) is 15.3. The summed E-state index contributed by atoms with van der Waals surface area (Å²) < 4.78 is 4.86. The molecule has 1 amide bonds. The molecule has 1 aromatic carbocycles. The van der Waals surface area contributed by atoms with Gasteiger partial charge in [-0.05, 0) is 18.1 Å². The second-order valence-electron chi connectivity index (χ2n) is 3.99. The number of rotatable bonds is 4. The third-order valence-corrected chi connectivity index (χ3v) is 2.51. The Labute approximate surface area is 104 Å². The predicted octanol–water partition coefficient (Wildman–Crippen LogP) is 1.41. The molecule has 0 spiro atoms. The quantitative estimate of drug-likeness (QED) is 0.855. The van der Waals surface area contributed by atoms with Gasteiger partial charge in [-0.15, -0.1) is 0 Å². The fraction of sp³-hybridized carbons (Fsp3) is 0.231. The van der Waals surface area contributed by atoms with E-state index in [9.17, 15) is 4.79 Å². The Hall–Kier alpha value is -2.14. The smallest absolute Gasteiger partial charge is 0.290 e. The highest BCUT2D eigenvalue weighted by molar-refractivity contribution is 5.91. The summed E-state index contributed by atoms with van der Waals surface area (Å²) in [7, 11) is 0. The third kappa shape index (κ3) is 2.95. The molecule has 0 radical (unpaired) electrons. The second kappa shape index (κ2) is 5.46. The summed E-state index contributed by atoms with van der Waals surface area (Å²) in [6.45, 7) is 2.18. The maximum absolute atomic E-state index is 11.7. The largest absolute Gasteiger partial charge is 0.392 e. The molecular weight excluding hydrogens is 232 g/mol. The number of benzene rings is 1. The van der Waals surface area contributed by atoms with Crippen LogP contribution in [0.1, 0.15) is 27.4 Å². The summed E-state index contributed by atoms with van der Waals surface area (Å²) in [6, 6.07) is 8.94. The average Bonchev–Trinajstić information content (AvgIpc) is 2.83.